The first-order valence-corrected chi connectivity index (χ1v) is 8.13. The standard InChI is InChI=1S/C17H22N2O3S/c1-10-16(23-12(3)18-10)11(2)19(4)17(20)14-8-7-13(21-5)9-15(14)22-6/h7-9,11H,1-6H3/t11-/m0/s1. The van der Waals surface area contributed by atoms with Crippen molar-refractivity contribution in [1.29, 1.82) is 0 Å². The lowest BCUT2D eigenvalue weighted by atomic mass is 10.1. The van der Waals surface area contributed by atoms with Crippen molar-refractivity contribution in [2.75, 3.05) is 21.3 Å². The number of hydrogen-bond acceptors (Lipinski definition) is 5. The number of nitrogens with zero attached hydrogens (tertiary/aromatic N) is 2. The Morgan fingerprint density at radius 1 is 1.26 bits per heavy atom. The van der Waals surface area contributed by atoms with Gasteiger partial charge in [-0.05, 0) is 32.9 Å². The quantitative estimate of drug-likeness (QED) is 0.838. The summed E-state index contributed by atoms with van der Waals surface area (Å²) >= 11 is 1.62. The van der Waals surface area contributed by atoms with Gasteiger partial charge in [0, 0.05) is 18.0 Å². The van der Waals surface area contributed by atoms with Crippen LogP contribution in [-0.2, 0) is 0 Å². The molecule has 0 saturated heterocycles. The molecule has 1 heterocycles. The summed E-state index contributed by atoms with van der Waals surface area (Å²) < 4.78 is 10.5. The van der Waals surface area contributed by atoms with Crippen molar-refractivity contribution in [2.45, 2.75) is 26.8 Å². The van der Waals surface area contributed by atoms with E-state index >= 15 is 0 Å². The molecule has 0 N–H and O–H groups in total. The maximum atomic E-state index is 12.8. The van der Waals surface area contributed by atoms with Crippen molar-refractivity contribution in [3.05, 3.63) is 39.3 Å². The van der Waals surface area contributed by atoms with Crippen LogP contribution in [0.15, 0.2) is 18.2 Å². The molecule has 1 aromatic carbocycles. The molecule has 2 aromatic rings. The van der Waals surface area contributed by atoms with Crippen LogP contribution in [0, 0.1) is 13.8 Å². The van der Waals surface area contributed by atoms with E-state index in [0.717, 1.165) is 15.6 Å². The van der Waals surface area contributed by atoms with E-state index in [1.54, 1.807) is 55.7 Å². The first kappa shape index (κ1) is 17.3. The van der Waals surface area contributed by atoms with Gasteiger partial charge in [0.2, 0.25) is 0 Å². The fourth-order valence-corrected chi connectivity index (χ4v) is 3.47. The monoisotopic (exact) mass is 334 g/mol. The van der Waals surface area contributed by atoms with Gasteiger partial charge in [-0.3, -0.25) is 4.79 Å². The van der Waals surface area contributed by atoms with Gasteiger partial charge in [-0.2, -0.15) is 0 Å². The number of hydrogen-bond donors (Lipinski definition) is 0. The third kappa shape index (κ3) is 3.47. The minimum Gasteiger partial charge on any atom is -0.497 e. The van der Waals surface area contributed by atoms with Gasteiger partial charge in [-0.25, -0.2) is 4.98 Å². The minimum absolute atomic E-state index is 0.0551. The highest BCUT2D eigenvalue weighted by Crippen LogP contribution is 2.31. The van der Waals surface area contributed by atoms with E-state index in [-0.39, 0.29) is 11.9 Å². The number of amides is 1. The van der Waals surface area contributed by atoms with Crippen LogP contribution in [0.5, 0.6) is 11.5 Å². The van der Waals surface area contributed by atoms with E-state index < -0.39 is 0 Å². The Bertz CT molecular complexity index is 712. The lowest BCUT2D eigenvalue weighted by molar-refractivity contribution is 0.0741. The van der Waals surface area contributed by atoms with E-state index in [4.69, 9.17) is 9.47 Å². The van der Waals surface area contributed by atoms with Crippen LogP contribution in [-0.4, -0.2) is 37.1 Å². The van der Waals surface area contributed by atoms with Crippen LogP contribution in [0.25, 0.3) is 0 Å². The van der Waals surface area contributed by atoms with Gasteiger partial charge in [0.1, 0.15) is 11.5 Å². The molecule has 1 aromatic heterocycles. The Morgan fingerprint density at radius 2 is 1.96 bits per heavy atom. The second kappa shape index (κ2) is 7.00. The molecule has 23 heavy (non-hydrogen) atoms. The fraction of sp³-hybridized carbons (Fsp3) is 0.412. The second-order valence-electron chi connectivity index (χ2n) is 5.34. The van der Waals surface area contributed by atoms with Crippen molar-refractivity contribution < 1.29 is 14.3 Å². The molecule has 1 atom stereocenters. The molecule has 1 amide bonds. The predicted molar refractivity (Wildman–Crippen MR) is 91.6 cm³/mol. The maximum absolute atomic E-state index is 12.8. The molecular formula is C17H22N2O3S. The second-order valence-corrected chi connectivity index (χ2v) is 6.58. The molecule has 0 unspecified atom stereocenters. The van der Waals surface area contributed by atoms with Gasteiger partial charge in [0.25, 0.3) is 5.91 Å². The molecule has 5 nitrogen and oxygen atoms in total. The molecule has 0 aliphatic rings. The maximum Gasteiger partial charge on any atom is 0.257 e. The fourth-order valence-electron chi connectivity index (χ4n) is 2.45. The highest BCUT2D eigenvalue weighted by atomic mass is 32.1. The summed E-state index contributed by atoms with van der Waals surface area (Å²) in [6, 6.07) is 5.15. The highest BCUT2D eigenvalue weighted by molar-refractivity contribution is 7.11. The van der Waals surface area contributed by atoms with Gasteiger partial charge < -0.3 is 14.4 Å². The zero-order chi connectivity index (χ0) is 17.1. The lowest BCUT2D eigenvalue weighted by Gasteiger charge is -2.25. The average molecular weight is 334 g/mol. The zero-order valence-corrected chi connectivity index (χ0v) is 15.2. The third-order valence-corrected chi connectivity index (χ3v) is 5.10. The van der Waals surface area contributed by atoms with Crippen LogP contribution in [0.4, 0.5) is 0 Å². The van der Waals surface area contributed by atoms with Gasteiger partial charge in [0.05, 0.1) is 36.5 Å². The molecule has 0 fully saturated rings. The Balaban J connectivity index is 2.30. The summed E-state index contributed by atoms with van der Waals surface area (Å²) in [5, 5.41) is 1.01. The Labute approximate surface area is 140 Å². The Hall–Kier alpha value is -2.08. The van der Waals surface area contributed by atoms with E-state index in [0.29, 0.717) is 17.1 Å². The summed E-state index contributed by atoms with van der Waals surface area (Å²) in [7, 11) is 4.93. The number of ether oxygens (including phenoxy) is 2. The SMILES string of the molecule is COc1ccc(C(=O)N(C)[C@@H](C)c2sc(C)nc2C)c(OC)c1. The molecule has 0 radical (unpaired) electrons. The van der Waals surface area contributed by atoms with Crippen LogP contribution < -0.4 is 9.47 Å². The van der Waals surface area contributed by atoms with E-state index in [1.807, 2.05) is 20.8 Å². The number of aromatic nitrogens is 1. The van der Waals surface area contributed by atoms with Gasteiger partial charge in [0.15, 0.2) is 0 Å². The summed E-state index contributed by atoms with van der Waals surface area (Å²) in [4.78, 5) is 20.1. The zero-order valence-electron chi connectivity index (χ0n) is 14.3. The third-order valence-electron chi connectivity index (χ3n) is 3.86. The van der Waals surface area contributed by atoms with Crippen LogP contribution in [0.2, 0.25) is 0 Å². The molecular weight excluding hydrogens is 312 g/mol. The summed E-state index contributed by atoms with van der Waals surface area (Å²) in [5.41, 5.74) is 1.49. The van der Waals surface area contributed by atoms with Crippen molar-refractivity contribution >= 4 is 17.2 Å². The number of rotatable bonds is 5. The molecule has 0 aliphatic heterocycles. The van der Waals surface area contributed by atoms with E-state index in [9.17, 15) is 4.79 Å². The summed E-state index contributed by atoms with van der Waals surface area (Å²) in [6.07, 6.45) is 0. The Kier molecular flexibility index (Phi) is 5.26. The average Bonchev–Trinajstić information content (AvgIpc) is 2.90. The summed E-state index contributed by atoms with van der Waals surface area (Å²) in [5.74, 6) is 1.07. The molecule has 0 spiro atoms. The van der Waals surface area contributed by atoms with Crippen LogP contribution >= 0.6 is 11.3 Å². The molecule has 6 heteroatoms. The van der Waals surface area contributed by atoms with Crippen molar-refractivity contribution in [1.82, 2.24) is 9.88 Å². The number of benzene rings is 1. The molecule has 0 bridgehead atoms. The number of methoxy groups -OCH3 is 2. The molecule has 0 aliphatic carbocycles. The van der Waals surface area contributed by atoms with E-state index in [2.05, 4.69) is 4.98 Å². The predicted octanol–water partition coefficient (Wildman–Crippen LogP) is 3.61. The number of carbonyl (C=O) groups excluding carboxylic acids is 1. The molecule has 0 saturated carbocycles. The van der Waals surface area contributed by atoms with Gasteiger partial charge in [-0.15, -0.1) is 11.3 Å². The normalized spacial score (nSPS) is 11.9. The minimum atomic E-state index is -0.0949. The van der Waals surface area contributed by atoms with E-state index in [1.165, 1.54) is 0 Å². The number of aryl methyl sites for hydroxylation is 2. The van der Waals surface area contributed by atoms with Crippen molar-refractivity contribution in [3.8, 4) is 11.5 Å². The smallest absolute Gasteiger partial charge is 0.257 e. The lowest BCUT2D eigenvalue weighted by Crippen LogP contribution is -2.29. The molecule has 2 rings (SSSR count). The van der Waals surface area contributed by atoms with Gasteiger partial charge in [-0.1, -0.05) is 0 Å². The van der Waals surface area contributed by atoms with Crippen molar-refractivity contribution in [2.24, 2.45) is 0 Å². The van der Waals surface area contributed by atoms with Crippen LogP contribution in [0.3, 0.4) is 0 Å². The largest absolute Gasteiger partial charge is 0.497 e. The van der Waals surface area contributed by atoms with Crippen LogP contribution in [0.1, 0.15) is 38.9 Å². The first-order chi connectivity index (χ1) is 10.9. The topological polar surface area (TPSA) is 51.7 Å². The first-order valence-electron chi connectivity index (χ1n) is 7.32. The number of carbonyl (C=O) groups is 1. The number of thiazole rings is 1. The Morgan fingerprint density at radius 3 is 2.48 bits per heavy atom. The van der Waals surface area contributed by atoms with Gasteiger partial charge >= 0.3 is 0 Å². The summed E-state index contributed by atoms with van der Waals surface area (Å²) in [6.45, 7) is 5.96. The van der Waals surface area contributed by atoms with Crippen molar-refractivity contribution in [3.63, 3.8) is 0 Å². The molecule has 124 valence electrons. The highest BCUT2D eigenvalue weighted by Gasteiger charge is 2.24.